The number of hydrogen-bond donors (Lipinski definition) is 0. The molecule has 3 nitrogen and oxygen atoms in total. The van der Waals surface area contributed by atoms with E-state index in [4.69, 9.17) is 4.74 Å². The summed E-state index contributed by atoms with van der Waals surface area (Å²) in [6.07, 6.45) is -9.07. The van der Waals surface area contributed by atoms with Gasteiger partial charge in [-0.3, -0.25) is 0 Å². The molecule has 3 rings (SSSR count). The normalized spacial score (nSPS) is 12.8. The van der Waals surface area contributed by atoms with Crippen LogP contribution in [0.4, 0.5) is 26.3 Å². The molecule has 0 amide bonds. The molecule has 0 aromatic heterocycles. The van der Waals surface area contributed by atoms with Gasteiger partial charge in [0.25, 0.3) is 0 Å². The summed E-state index contributed by atoms with van der Waals surface area (Å²) in [4.78, 5) is 14.3. The van der Waals surface area contributed by atoms with Gasteiger partial charge in [-0.1, -0.05) is 18.2 Å². The molecule has 0 bridgehead atoms. The van der Waals surface area contributed by atoms with Crippen molar-refractivity contribution >= 4 is 16.9 Å². The molecule has 0 aliphatic carbocycles. The number of halogens is 6. The number of alkyl halides is 6. The Hall–Kier alpha value is -3.14. The smallest absolute Gasteiger partial charge is 0.422 e. The average molecular weight is 487 g/mol. The van der Waals surface area contributed by atoms with Crippen molar-refractivity contribution in [2.75, 3.05) is 13.2 Å². The van der Waals surface area contributed by atoms with E-state index in [1.165, 1.54) is 24.3 Å². The second-order valence-corrected chi connectivity index (χ2v) is 8.74. The van der Waals surface area contributed by atoms with Crippen LogP contribution in [0.1, 0.15) is 10.4 Å². The first kappa shape index (κ1) is 24.5. The fourth-order valence-electron chi connectivity index (χ4n) is 2.76. The Morgan fingerprint density at radius 2 is 1.15 bits per heavy atom. The van der Waals surface area contributed by atoms with E-state index < -0.39 is 42.4 Å². The van der Waals surface area contributed by atoms with Crippen molar-refractivity contribution in [1.29, 1.82) is 0 Å². The number of esters is 1. The third kappa shape index (κ3) is 7.45. The highest BCUT2D eigenvalue weighted by atomic mass is 32.2. The van der Waals surface area contributed by atoms with Gasteiger partial charge in [0.15, 0.2) is 27.9 Å². The zero-order chi connectivity index (χ0) is 24.1. The van der Waals surface area contributed by atoms with Crippen molar-refractivity contribution in [3.63, 3.8) is 0 Å². The van der Waals surface area contributed by atoms with Gasteiger partial charge in [0.05, 0.1) is 16.5 Å². The second kappa shape index (κ2) is 10.2. The molecular weight excluding hydrogens is 470 g/mol. The van der Waals surface area contributed by atoms with Crippen LogP contribution in [0.15, 0.2) is 93.5 Å². The van der Waals surface area contributed by atoms with Crippen LogP contribution in [0, 0.1) is 0 Å². The summed E-state index contributed by atoms with van der Waals surface area (Å²) in [5, 5.41) is 0. The Bertz CT molecular complexity index is 1050. The van der Waals surface area contributed by atoms with Crippen LogP contribution in [0.2, 0.25) is 0 Å². The summed E-state index contributed by atoms with van der Waals surface area (Å²) in [5.41, 5.74) is -0.0319. The largest absolute Gasteiger partial charge is 0.484 e. The van der Waals surface area contributed by atoms with E-state index >= 15 is 0 Å². The molecule has 0 saturated heterocycles. The maximum Gasteiger partial charge on any atom is 0.422 e. The van der Waals surface area contributed by atoms with Crippen LogP contribution in [-0.2, 0) is 15.6 Å². The summed E-state index contributed by atoms with van der Waals surface area (Å²) in [6.45, 7) is -3.08. The minimum Gasteiger partial charge on any atom is -0.484 e. The highest BCUT2D eigenvalue weighted by molar-refractivity contribution is 7.97. The lowest BCUT2D eigenvalue weighted by atomic mass is 10.2. The monoisotopic (exact) mass is 487 g/mol. The van der Waals surface area contributed by atoms with E-state index in [1.54, 1.807) is 24.3 Å². The molecule has 0 radical (unpaired) electrons. The predicted molar refractivity (Wildman–Crippen MR) is 109 cm³/mol. The van der Waals surface area contributed by atoms with Gasteiger partial charge in [0.1, 0.15) is 5.75 Å². The molecule has 3 aromatic carbocycles. The molecular formula is C23H17F6O3S+. The molecule has 10 heteroatoms. The molecule has 1 atom stereocenters. The van der Waals surface area contributed by atoms with Crippen LogP contribution in [0.3, 0.4) is 0 Å². The van der Waals surface area contributed by atoms with Crippen molar-refractivity contribution in [3.8, 4) is 5.75 Å². The Balaban J connectivity index is 1.84. The molecule has 0 N–H and O–H groups in total. The Morgan fingerprint density at radius 1 is 0.667 bits per heavy atom. The van der Waals surface area contributed by atoms with Crippen LogP contribution in [-0.4, -0.2) is 31.5 Å². The quantitative estimate of drug-likeness (QED) is 0.219. The fourth-order valence-corrected chi connectivity index (χ4v) is 4.82. The Labute approximate surface area is 188 Å². The van der Waals surface area contributed by atoms with Gasteiger partial charge in [-0.05, 0) is 60.7 Å². The minimum absolute atomic E-state index is 0.0319. The third-order valence-electron chi connectivity index (χ3n) is 4.13. The number of hydrogen-bond acceptors (Lipinski definition) is 3. The van der Waals surface area contributed by atoms with Crippen molar-refractivity contribution < 1.29 is 40.6 Å². The average Bonchev–Trinajstić information content (AvgIpc) is 2.77. The molecule has 3 aromatic rings. The lowest BCUT2D eigenvalue weighted by Crippen LogP contribution is -2.20. The maximum atomic E-state index is 12.4. The molecule has 0 spiro atoms. The fraction of sp³-hybridized carbons (Fsp3) is 0.174. The van der Waals surface area contributed by atoms with Crippen molar-refractivity contribution in [2.24, 2.45) is 0 Å². The molecule has 0 saturated carbocycles. The number of rotatable bonds is 7. The van der Waals surface area contributed by atoms with Crippen molar-refractivity contribution in [1.82, 2.24) is 0 Å². The first-order valence-electron chi connectivity index (χ1n) is 9.45. The van der Waals surface area contributed by atoms with Gasteiger partial charge in [0.2, 0.25) is 0 Å². The maximum absolute atomic E-state index is 12.4. The van der Waals surface area contributed by atoms with E-state index in [0.717, 1.165) is 14.7 Å². The van der Waals surface area contributed by atoms with E-state index in [0.29, 0.717) is 0 Å². The van der Waals surface area contributed by atoms with E-state index in [9.17, 15) is 31.1 Å². The van der Waals surface area contributed by atoms with Crippen molar-refractivity contribution in [3.05, 3.63) is 84.4 Å². The number of carbonyl (C=O) groups excluding carboxylic acids is 1. The number of carbonyl (C=O) groups is 1. The summed E-state index contributed by atoms with van der Waals surface area (Å²) < 4.78 is 83.0. The zero-order valence-electron chi connectivity index (χ0n) is 16.8. The summed E-state index contributed by atoms with van der Waals surface area (Å²) >= 11 is 0. The van der Waals surface area contributed by atoms with Crippen LogP contribution < -0.4 is 4.74 Å². The first-order chi connectivity index (χ1) is 15.5. The van der Waals surface area contributed by atoms with E-state index in [2.05, 4.69) is 4.74 Å². The summed E-state index contributed by atoms with van der Waals surface area (Å²) in [7, 11) is -0.693. The van der Waals surface area contributed by atoms with Crippen LogP contribution in [0.25, 0.3) is 0 Å². The molecule has 1 unspecified atom stereocenters. The minimum atomic E-state index is -4.62. The van der Waals surface area contributed by atoms with Crippen molar-refractivity contribution in [2.45, 2.75) is 27.0 Å². The van der Waals surface area contributed by atoms with E-state index in [-0.39, 0.29) is 11.3 Å². The van der Waals surface area contributed by atoms with Gasteiger partial charge in [-0.2, -0.15) is 26.3 Å². The Kier molecular flexibility index (Phi) is 7.57. The van der Waals surface area contributed by atoms with Gasteiger partial charge >= 0.3 is 18.3 Å². The lowest BCUT2D eigenvalue weighted by molar-refractivity contribution is -0.161. The number of ether oxygens (including phenoxy) is 2. The second-order valence-electron chi connectivity index (χ2n) is 6.71. The van der Waals surface area contributed by atoms with Crippen LogP contribution in [0.5, 0.6) is 5.75 Å². The first-order valence-corrected chi connectivity index (χ1v) is 10.7. The topological polar surface area (TPSA) is 35.5 Å². The summed E-state index contributed by atoms with van der Waals surface area (Å²) in [6, 6.07) is 21.4. The Morgan fingerprint density at radius 3 is 1.67 bits per heavy atom. The highest BCUT2D eigenvalue weighted by Crippen LogP contribution is 2.32. The lowest BCUT2D eigenvalue weighted by Gasteiger charge is -2.11. The van der Waals surface area contributed by atoms with Gasteiger partial charge in [-0.25, -0.2) is 4.79 Å². The SMILES string of the molecule is O=C(OCC(F)(F)F)c1ccc([S+](c2ccccc2)c2ccc(OCC(F)(F)F)cc2)cc1. The van der Waals surface area contributed by atoms with Gasteiger partial charge < -0.3 is 9.47 Å². The van der Waals surface area contributed by atoms with Gasteiger partial charge in [0, 0.05) is 0 Å². The molecule has 0 aliphatic rings. The predicted octanol–water partition coefficient (Wildman–Crippen LogP) is 6.44. The summed E-state index contributed by atoms with van der Waals surface area (Å²) in [5.74, 6) is -1.03. The molecule has 33 heavy (non-hydrogen) atoms. The highest BCUT2D eigenvalue weighted by Gasteiger charge is 2.32. The molecule has 0 aliphatic heterocycles. The zero-order valence-corrected chi connectivity index (χ0v) is 17.6. The van der Waals surface area contributed by atoms with Gasteiger partial charge in [-0.15, -0.1) is 0 Å². The molecule has 174 valence electrons. The molecule has 0 fully saturated rings. The standard InChI is InChI=1S/C23H17F6O3S/c24-22(25,26)14-31-17-8-12-20(13-9-17)33(18-4-2-1-3-5-18)19-10-6-16(7-11-19)21(30)32-15-23(27,28)29/h1-13H,14-15H2/q+1. The van der Waals surface area contributed by atoms with E-state index in [1.807, 2.05) is 30.3 Å². The van der Waals surface area contributed by atoms with Crippen LogP contribution >= 0.6 is 0 Å². The third-order valence-corrected chi connectivity index (χ3v) is 6.36. The molecule has 0 heterocycles. The number of benzene rings is 3.